The van der Waals surface area contributed by atoms with Crippen LogP contribution < -0.4 is 5.32 Å². The molecule has 0 aliphatic carbocycles. The molecule has 0 radical (unpaired) electrons. The maximum Gasteiger partial charge on any atom is 0.252 e. The van der Waals surface area contributed by atoms with E-state index in [1.807, 2.05) is 32.0 Å². The number of likely N-dealkylation sites (tertiary alicyclic amines) is 1. The number of benzene rings is 1. The van der Waals surface area contributed by atoms with E-state index in [1.54, 1.807) is 0 Å². The number of nitrogens with one attached hydrogen (secondary N) is 1. The monoisotopic (exact) mass is 288 g/mol. The summed E-state index contributed by atoms with van der Waals surface area (Å²) >= 11 is 0. The number of amides is 2. The van der Waals surface area contributed by atoms with Gasteiger partial charge in [0.2, 0.25) is 5.91 Å². The predicted molar refractivity (Wildman–Crippen MR) is 84.1 cm³/mol. The van der Waals surface area contributed by atoms with Crippen LogP contribution in [0.1, 0.15) is 45.6 Å². The first-order valence-corrected chi connectivity index (χ1v) is 7.82. The van der Waals surface area contributed by atoms with Gasteiger partial charge in [0.15, 0.2) is 0 Å². The molecule has 1 aliphatic rings. The molecule has 1 aliphatic heterocycles. The summed E-state index contributed by atoms with van der Waals surface area (Å²) in [6.07, 6.45) is 2.83. The van der Waals surface area contributed by atoms with Crippen molar-refractivity contribution < 1.29 is 9.59 Å². The lowest BCUT2D eigenvalue weighted by molar-refractivity contribution is -0.141. The van der Waals surface area contributed by atoms with Crippen LogP contribution in [-0.4, -0.2) is 28.8 Å². The topological polar surface area (TPSA) is 49.4 Å². The lowest BCUT2D eigenvalue weighted by Crippen LogP contribution is -2.41. The standard InChI is InChI=1S/C17H24N2O2/c1-4-12-8-7-9-13(10-12)18-15-11-16(20)19(17(15)21)14(5-2)6-3/h7-10,14-15,18H,4-6,11H2,1-3H3. The highest BCUT2D eigenvalue weighted by Gasteiger charge is 2.41. The molecule has 114 valence electrons. The van der Waals surface area contributed by atoms with E-state index in [0.29, 0.717) is 0 Å². The van der Waals surface area contributed by atoms with E-state index >= 15 is 0 Å². The predicted octanol–water partition coefficient (Wildman–Crippen LogP) is 2.98. The maximum absolute atomic E-state index is 12.5. The van der Waals surface area contributed by atoms with Gasteiger partial charge in [-0.05, 0) is 37.0 Å². The van der Waals surface area contributed by atoms with Crippen molar-refractivity contribution in [2.24, 2.45) is 0 Å². The number of carbonyl (C=O) groups is 2. The van der Waals surface area contributed by atoms with Crippen LogP contribution in [0, 0.1) is 0 Å². The van der Waals surface area contributed by atoms with Crippen LogP contribution in [0.15, 0.2) is 24.3 Å². The normalized spacial score (nSPS) is 18.7. The van der Waals surface area contributed by atoms with E-state index in [0.717, 1.165) is 24.9 Å². The van der Waals surface area contributed by atoms with Crippen molar-refractivity contribution in [1.29, 1.82) is 0 Å². The van der Waals surface area contributed by atoms with Crippen LogP contribution >= 0.6 is 0 Å². The van der Waals surface area contributed by atoms with Crippen LogP contribution in [0.2, 0.25) is 0 Å². The lowest BCUT2D eigenvalue weighted by Gasteiger charge is -2.24. The van der Waals surface area contributed by atoms with Gasteiger partial charge in [-0.2, -0.15) is 0 Å². The Hall–Kier alpha value is -1.84. The molecule has 1 fully saturated rings. The molecule has 21 heavy (non-hydrogen) atoms. The number of imide groups is 1. The fraction of sp³-hybridized carbons (Fsp3) is 0.529. The molecule has 1 aromatic rings. The number of nitrogens with zero attached hydrogens (tertiary/aromatic N) is 1. The second-order valence-electron chi connectivity index (χ2n) is 5.53. The van der Waals surface area contributed by atoms with Crippen molar-refractivity contribution >= 4 is 17.5 Å². The van der Waals surface area contributed by atoms with Crippen molar-refractivity contribution in [3.05, 3.63) is 29.8 Å². The summed E-state index contributed by atoms with van der Waals surface area (Å²) in [5.74, 6) is -0.145. The van der Waals surface area contributed by atoms with Crippen LogP contribution in [-0.2, 0) is 16.0 Å². The third-order valence-corrected chi connectivity index (χ3v) is 4.17. The zero-order chi connectivity index (χ0) is 15.4. The number of carbonyl (C=O) groups excluding carboxylic acids is 2. The van der Waals surface area contributed by atoms with Crippen molar-refractivity contribution in [1.82, 2.24) is 4.90 Å². The molecule has 1 saturated heterocycles. The molecule has 1 atom stereocenters. The minimum atomic E-state index is -0.426. The molecule has 0 saturated carbocycles. The van der Waals surface area contributed by atoms with Crippen LogP contribution in [0.5, 0.6) is 0 Å². The van der Waals surface area contributed by atoms with Gasteiger partial charge in [0.25, 0.3) is 5.91 Å². The molecule has 2 amide bonds. The van der Waals surface area contributed by atoms with Gasteiger partial charge < -0.3 is 5.32 Å². The highest BCUT2D eigenvalue weighted by molar-refractivity contribution is 6.07. The Labute approximate surface area is 126 Å². The fourth-order valence-corrected chi connectivity index (χ4v) is 2.88. The maximum atomic E-state index is 12.5. The second kappa shape index (κ2) is 6.74. The third-order valence-electron chi connectivity index (χ3n) is 4.17. The largest absolute Gasteiger partial charge is 0.373 e. The van der Waals surface area contributed by atoms with Crippen molar-refractivity contribution in [2.45, 2.75) is 58.5 Å². The SMILES string of the molecule is CCc1cccc(NC2CC(=O)N(C(CC)CC)C2=O)c1. The van der Waals surface area contributed by atoms with Gasteiger partial charge >= 0.3 is 0 Å². The first-order chi connectivity index (χ1) is 10.1. The number of anilines is 1. The highest BCUT2D eigenvalue weighted by atomic mass is 16.2. The molecular weight excluding hydrogens is 264 g/mol. The molecule has 1 N–H and O–H groups in total. The summed E-state index contributed by atoms with van der Waals surface area (Å²) in [7, 11) is 0. The third kappa shape index (κ3) is 3.26. The first-order valence-electron chi connectivity index (χ1n) is 7.82. The van der Waals surface area contributed by atoms with Gasteiger partial charge in [-0.15, -0.1) is 0 Å². The van der Waals surface area contributed by atoms with Gasteiger partial charge in [-0.25, -0.2) is 0 Å². The summed E-state index contributed by atoms with van der Waals surface area (Å²) < 4.78 is 0. The van der Waals surface area contributed by atoms with Crippen LogP contribution in [0.25, 0.3) is 0 Å². The van der Waals surface area contributed by atoms with Gasteiger partial charge in [0, 0.05) is 11.7 Å². The molecular formula is C17H24N2O2. The van der Waals surface area contributed by atoms with Crippen LogP contribution in [0.4, 0.5) is 5.69 Å². The zero-order valence-corrected chi connectivity index (χ0v) is 13.1. The van der Waals surface area contributed by atoms with Crippen molar-refractivity contribution in [3.8, 4) is 0 Å². The van der Waals surface area contributed by atoms with Crippen LogP contribution in [0.3, 0.4) is 0 Å². The fourth-order valence-electron chi connectivity index (χ4n) is 2.88. The van der Waals surface area contributed by atoms with Gasteiger partial charge in [0.05, 0.1) is 6.42 Å². The van der Waals surface area contributed by atoms with Crippen molar-refractivity contribution in [2.75, 3.05) is 5.32 Å². The Morgan fingerprint density at radius 1 is 1.24 bits per heavy atom. The number of rotatable bonds is 6. The van der Waals surface area contributed by atoms with E-state index in [9.17, 15) is 9.59 Å². The molecule has 4 nitrogen and oxygen atoms in total. The molecule has 4 heteroatoms. The Balaban J connectivity index is 2.11. The average molecular weight is 288 g/mol. The van der Waals surface area contributed by atoms with E-state index in [4.69, 9.17) is 0 Å². The molecule has 0 bridgehead atoms. The molecule has 2 rings (SSSR count). The zero-order valence-electron chi connectivity index (χ0n) is 13.1. The molecule has 0 spiro atoms. The molecule has 1 unspecified atom stereocenters. The minimum absolute atomic E-state index is 0.0266. The Kier molecular flexibility index (Phi) is 4.99. The highest BCUT2D eigenvalue weighted by Crippen LogP contribution is 2.23. The Morgan fingerprint density at radius 3 is 2.57 bits per heavy atom. The number of aryl methyl sites for hydroxylation is 1. The quantitative estimate of drug-likeness (QED) is 0.819. The summed E-state index contributed by atoms with van der Waals surface area (Å²) in [6, 6.07) is 7.61. The number of hydrogen-bond donors (Lipinski definition) is 1. The van der Waals surface area contributed by atoms with E-state index in [-0.39, 0.29) is 24.3 Å². The molecule has 1 heterocycles. The molecule has 0 aromatic heterocycles. The second-order valence-corrected chi connectivity index (χ2v) is 5.53. The van der Waals surface area contributed by atoms with Gasteiger partial charge in [0.1, 0.15) is 6.04 Å². The molecule has 1 aromatic carbocycles. The van der Waals surface area contributed by atoms with E-state index in [1.165, 1.54) is 10.5 Å². The Morgan fingerprint density at radius 2 is 1.95 bits per heavy atom. The average Bonchev–Trinajstić information content (AvgIpc) is 2.76. The van der Waals surface area contributed by atoms with Crippen molar-refractivity contribution in [3.63, 3.8) is 0 Å². The summed E-state index contributed by atoms with van der Waals surface area (Å²) in [4.78, 5) is 26.1. The summed E-state index contributed by atoms with van der Waals surface area (Å²) in [5.41, 5.74) is 2.13. The first kappa shape index (κ1) is 15.5. The van der Waals surface area contributed by atoms with E-state index in [2.05, 4.69) is 18.3 Å². The smallest absolute Gasteiger partial charge is 0.252 e. The van der Waals surface area contributed by atoms with Gasteiger partial charge in [-0.1, -0.05) is 32.9 Å². The number of hydrogen-bond acceptors (Lipinski definition) is 3. The summed E-state index contributed by atoms with van der Waals surface area (Å²) in [5, 5.41) is 3.22. The Bertz CT molecular complexity index is 523. The van der Waals surface area contributed by atoms with Gasteiger partial charge in [-0.3, -0.25) is 14.5 Å². The summed E-state index contributed by atoms with van der Waals surface area (Å²) in [6.45, 7) is 6.12. The lowest BCUT2D eigenvalue weighted by atomic mass is 10.1. The minimum Gasteiger partial charge on any atom is -0.373 e. The van der Waals surface area contributed by atoms with E-state index < -0.39 is 6.04 Å².